The summed E-state index contributed by atoms with van der Waals surface area (Å²) in [5, 5.41) is 20.1. The van der Waals surface area contributed by atoms with Crippen LogP contribution in [0.25, 0.3) is 0 Å². The maximum absolute atomic E-state index is 11.1. The first-order valence-corrected chi connectivity index (χ1v) is 12.6. The number of aliphatic hydroxyl groups excluding tert-OH is 2. The van der Waals surface area contributed by atoms with E-state index in [1.807, 2.05) is 0 Å². The zero-order valence-corrected chi connectivity index (χ0v) is 49.6. The second kappa shape index (κ2) is 30.9. The van der Waals surface area contributed by atoms with Crippen LogP contribution in [0.15, 0.2) is 0 Å². The fourth-order valence-electron chi connectivity index (χ4n) is 2.28. The molecule has 1 saturated carbocycles. The van der Waals surface area contributed by atoms with Gasteiger partial charge < -0.3 is 49.4 Å². The first kappa shape index (κ1) is 67.6. The van der Waals surface area contributed by atoms with Crippen LogP contribution in [0.4, 0.5) is 0 Å². The molecular formula is C6H16K8O18P4. The van der Waals surface area contributed by atoms with Crippen molar-refractivity contribution in [3.8, 4) is 0 Å². The van der Waals surface area contributed by atoms with Crippen molar-refractivity contribution in [2.24, 2.45) is 0 Å². The Morgan fingerprint density at radius 3 is 0.722 bits per heavy atom. The van der Waals surface area contributed by atoms with E-state index in [1.165, 1.54) is 0 Å². The topological polar surface area (TPSA) is 308 Å². The summed E-state index contributed by atoms with van der Waals surface area (Å²) in [6.07, 6.45) is -15.9. The van der Waals surface area contributed by atoms with Crippen molar-refractivity contribution in [1.29, 1.82) is 0 Å². The van der Waals surface area contributed by atoms with Crippen LogP contribution in [0.1, 0.15) is 0 Å². The third-order valence-corrected chi connectivity index (χ3v) is 5.10. The average Bonchev–Trinajstić information content (AvgIpc) is 2.39. The molecule has 8 radical (unpaired) electrons. The molecule has 0 bridgehead atoms. The summed E-state index contributed by atoms with van der Waals surface area (Å²) in [7, 11) is -22.4. The van der Waals surface area contributed by atoms with Gasteiger partial charge in [0, 0.05) is 411 Å². The summed E-state index contributed by atoms with van der Waals surface area (Å²) < 4.78 is 60.5. The molecule has 30 heteroatoms. The van der Waals surface area contributed by atoms with Gasteiger partial charge in [-0.15, -0.1) is 0 Å². The number of rotatable bonds is 8. The van der Waals surface area contributed by atoms with Gasteiger partial charge in [0.25, 0.3) is 0 Å². The molecule has 2 unspecified atom stereocenters. The van der Waals surface area contributed by atoms with Crippen molar-refractivity contribution in [3.63, 3.8) is 0 Å². The van der Waals surface area contributed by atoms with E-state index < -0.39 is 67.9 Å². The SMILES string of the molecule is O=P(O)(O)OC1[C@H](O)[C@H](OP(=O)(O)O)C(OP(=O)(O)O)[C@H](OP(=O)(O)O)[C@H]1O.[K].[K].[K].[K].[K].[K].[K].[K]. The van der Waals surface area contributed by atoms with Gasteiger partial charge >= 0.3 is 31.3 Å². The van der Waals surface area contributed by atoms with Crippen LogP contribution < -0.4 is 0 Å². The predicted molar refractivity (Wildman–Crippen MR) is 126 cm³/mol. The minimum absolute atomic E-state index is 0. The van der Waals surface area contributed by atoms with Crippen molar-refractivity contribution < 1.29 is 85.7 Å². The Bertz CT molecular complexity index is 716. The van der Waals surface area contributed by atoms with Crippen molar-refractivity contribution in [2.75, 3.05) is 0 Å². The molecule has 18 nitrogen and oxygen atoms in total. The maximum atomic E-state index is 11.1. The van der Waals surface area contributed by atoms with E-state index in [0.29, 0.717) is 0 Å². The van der Waals surface area contributed by atoms with Crippen LogP contribution in [0.2, 0.25) is 0 Å². The molecule has 36 heavy (non-hydrogen) atoms. The van der Waals surface area contributed by atoms with Gasteiger partial charge in [-0.1, -0.05) is 0 Å². The fourth-order valence-corrected chi connectivity index (χ4v) is 4.52. The average molecular weight is 813 g/mol. The fraction of sp³-hybridized carbons (Fsp3) is 1.00. The van der Waals surface area contributed by atoms with Gasteiger partial charge in [-0.3, -0.25) is 18.1 Å². The Balaban J connectivity index is -0.000000163. The quantitative estimate of drug-likeness (QED) is 0.0805. The number of hydrogen-bond donors (Lipinski definition) is 10. The number of phosphoric ester groups is 4. The summed E-state index contributed by atoms with van der Waals surface area (Å²) >= 11 is 0. The minimum atomic E-state index is -5.64. The molecule has 0 heterocycles. The van der Waals surface area contributed by atoms with Crippen molar-refractivity contribution >= 4 is 442 Å². The molecule has 1 aliphatic rings. The molecule has 176 valence electrons. The summed E-state index contributed by atoms with van der Waals surface area (Å²) in [5.74, 6) is 0. The largest absolute Gasteiger partial charge is 0.470 e. The molecule has 6 atom stereocenters. The molecule has 0 amide bonds. The van der Waals surface area contributed by atoms with Crippen LogP contribution in [-0.4, -0.2) is 497 Å². The molecule has 0 aromatic rings. The van der Waals surface area contributed by atoms with Gasteiger partial charge in [0.2, 0.25) is 0 Å². The van der Waals surface area contributed by atoms with Crippen LogP contribution in [-0.2, 0) is 36.4 Å². The van der Waals surface area contributed by atoms with Crippen molar-refractivity contribution in [1.82, 2.24) is 0 Å². The van der Waals surface area contributed by atoms with E-state index in [4.69, 9.17) is 39.1 Å². The van der Waals surface area contributed by atoms with E-state index in [0.717, 1.165) is 0 Å². The maximum Gasteiger partial charge on any atom is 0.470 e. The monoisotopic (exact) mass is 812 g/mol. The van der Waals surface area contributed by atoms with E-state index in [9.17, 15) is 28.5 Å². The number of hydrogen-bond acceptors (Lipinski definition) is 10. The summed E-state index contributed by atoms with van der Waals surface area (Å²) in [4.78, 5) is 71.0. The van der Waals surface area contributed by atoms with Crippen LogP contribution in [0, 0.1) is 0 Å². The van der Waals surface area contributed by atoms with Gasteiger partial charge in [0.15, 0.2) is 0 Å². The van der Waals surface area contributed by atoms with E-state index in [2.05, 4.69) is 18.1 Å². The zero-order chi connectivity index (χ0) is 22.3. The zero-order valence-electron chi connectivity index (χ0n) is 21.0. The van der Waals surface area contributed by atoms with Crippen LogP contribution in [0.3, 0.4) is 0 Å². The standard InChI is InChI=1S/C6H16O18P4.8K/c7-1-3(21-25(9,10)11)2(8)5(23-27(15,16)17)6(24-28(18,19)20)4(1)22-26(12,13)14;;;;;;;;/h1-8H,(H2,9,10,11)(H2,12,13,14)(H2,15,16,17)(H2,18,19,20);;;;;;;;/t1-,2-,3?,4-,5+,6?;;;;;;;;/m0......../s1. The van der Waals surface area contributed by atoms with Crippen LogP contribution >= 0.6 is 31.3 Å². The Labute approximate surface area is 546 Å². The van der Waals surface area contributed by atoms with Gasteiger partial charge in [0.05, 0.1) is 0 Å². The van der Waals surface area contributed by atoms with Crippen molar-refractivity contribution in [3.05, 3.63) is 0 Å². The molecule has 10 N–H and O–H groups in total. The predicted octanol–water partition coefficient (Wildman–Crippen LogP) is -6.41. The van der Waals surface area contributed by atoms with Crippen LogP contribution in [0.5, 0.6) is 0 Å². The van der Waals surface area contributed by atoms with Gasteiger partial charge in [0.1, 0.15) is 36.6 Å². The molecule has 0 aromatic heterocycles. The molecule has 0 aromatic carbocycles. The van der Waals surface area contributed by atoms with Gasteiger partial charge in [-0.25, -0.2) is 18.3 Å². The molecule has 1 rings (SSSR count). The Kier molecular flexibility index (Phi) is 57.9. The molecule has 0 aliphatic heterocycles. The second-order valence-corrected chi connectivity index (χ2v) is 9.99. The minimum Gasteiger partial charge on any atom is -0.387 e. The first-order chi connectivity index (χ1) is 12.2. The van der Waals surface area contributed by atoms with Gasteiger partial charge in [-0.2, -0.15) is 0 Å². The Morgan fingerprint density at radius 2 is 0.528 bits per heavy atom. The van der Waals surface area contributed by atoms with E-state index >= 15 is 0 Å². The molecule has 1 aliphatic carbocycles. The number of phosphoric acid groups is 4. The van der Waals surface area contributed by atoms with E-state index in [1.54, 1.807) is 0 Å². The molecular weight excluding hydrogens is 797 g/mol. The third-order valence-electron chi connectivity index (χ3n) is 3.03. The molecule has 1 fully saturated rings. The summed E-state index contributed by atoms with van der Waals surface area (Å²) in [6.45, 7) is 0. The molecule has 0 saturated heterocycles. The Morgan fingerprint density at radius 1 is 0.361 bits per heavy atom. The second-order valence-electron chi connectivity index (χ2n) is 5.22. The van der Waals surface area contributed by atoms with Gasteiger partial charge in [-0.05, 0) is 0 Å². The third kappa shape index (κ3) is 31.0. The van der Waals surface area contributed by atoms with E-state index in [-0.39, 0.29) is 411 Å². The first-order valence-electron chi connectivity index (χ1n) is 6.52. The smallest absolute Gasteiger partial charge is 0.387 e. The summed E-state index contributed by atoms with van der Waals surface area (Å²) in [5.41, 5.74) is 0. The number of aliphatic hydroxyl groups is 2. The normalized spacial score (nSPS) is 25.7. The summed E-state index contributed by atoms with van der Waals surface area (Å²) in [6, 6.07) is 0. The van der Waals surface area contributed by atoms with Crippen molar-refractivity contribution in [2.45, 2.75) is 36.6 Å². The molecule has 0 spiro atoms. The Hall–Kier alpha value is 13.5.